The molecule has 0 unspecified atom stereocenters. The number of aromatic nitrogens is 2. The summed E-state index contributed by atoms with van der Waals surface area (Å²) in [7, 11) is 0. The summed E-state index contributed by atoms with van der Waals surface area (Å²) in [5.74, 6) is -0.355. The molecule has 0 spiro atoms. The first-order chi connectivity index (χ1) is 17.2. The zero-order valence-electron chi connectivity index (χ0n) is 20.5. The van der Waals surface area contributed by atoms with Gasteiger partial charge in [0.15, 0.2) is 0 Å². The Labute approximate surface area is 222 Å². The van der Waals surface area contributed by atoms with Gasteiger partial charge in [0.2, 0.25) is 0 Å². The van der Waals surface area contributed by atoms with Crippen LogP contribution < -0.4 is 21.3 Å². The molecule has 5 rings (SSSR count). The van der Waals surface area contributed by atoms with Crippen molar-refractivity contribution in [2.45, 2.75) is 13.8 Å². The maximum atomic E-state index is 13.7. The zero-order valence-corrected chi connectivity index (χ0v) is 23.1. The third-order valence-corrected chi connectivity index (χ3v) is 13.9. The molecule has 0 bridgehead atoms. The van der Waals surface area contributed by atoms with E-state index in [4.69, 9.17) is 9.72 Å². The minimum absolute atomic E-state index is 0. The van der Waals surface area contributed by atoms with Crippen LogP contribution in [0.3, 0.4) is 0 Å². The Morgan fingerprint density at radius 3 is 1.67 bits per heavy atom. The number of hydrogen-bond acceptors (Lipinski definition) is 3. The van der Waals surface area contributed by atoms with Gasteiger partial charge in [-0.05, 0) is 0 Å². The van der Waals surface area contributed by atoms with Gasteiger partial charge in [0.1, 0.15) is 0 Å². The summed E-state index contributed by atoms with van der Waals surface area (Å²) in [6.07, 6.45) is 2.67. The molecule has 36 heavy (non-hydrogen) atoms. The fourth-order valence-electron chi connectivity index (χ4n) is 5.50. The Morgan fingerprint density at radius 2 is 1.22 bits per heavy atom. The number of imidazole rings is 1. The molecule has 0 amide bonds. The molecule has 0 aliphatic rings. The van der Waals surface area contributed by atoms with E-state index in [1.807, 2.05) is 53.9 Å². The molecule has 5 aromatic rings. The number of halogens is 1. The van der Waals surface area contributed by atoms with Crippen LogP contribution in [0, 0.1) is 0 Å². The van der Waals surface area contributed by atoms with Crippen LogP contribution in [0.15, 0.2) is 115 Å². The average molecular weight is 561 g/mol. The molecule has 3 aromatic carbocycles. The van der Waals surface area contributed by atoms with Gasteiger partial charge in [-0.1, -0.05) is 0 Å². The first-order valence-electron chi connectivity index (χ1n) is 12.0. The molecule has 0 saturated carbocycles. The van der Waals surface area contributed by atoms with Crippen molar-refractivity contribution in [3.05, 3.63) is 121 Å². The Kier molecular flexibility index (Phi) is 7.44. The van der Waals surface area contributed by atoms with Crippen LogP contribution in [-0.4, -0.2) is 28.1 Å². The third kappa shape index (κ3) is 3.61. The van der Waals surface area contributed by atoms with Crippen molar-refractivity contribution in [1.29, 1.82) is 0 Å². The van der Waals surface area contributed by atoms with Crippen molar-refractivity contribution in [3.8, 4) is 0 Å². The van der Waals surface area contributed by atoms with E-state index in [1.165, 1.54) is 15.9 Å². The van der Waals surface area contributed by atoms with E-state index in [0.717, 1.165) is 17.2 Å². The van der Waals surface area contributed by atoms with Gasteiger partial charge in [0.25, 0.3) is 0 Å². The number of carbonyl (C=O) groups is 1. The quantitative estimate of drug-likeness (QED) is 0.201. The Morgan fingerprint density at radius 1 is 0.750 bits per heavy atom. The molecule has 6 heteroatoms. The number of esters is 1. The topological polar surface area (TPSA) is 43.6 Å². The SMILES string of the molecule is Br.CCOC(=O)c1c(P(CC)(c2ccccc2)(c2ccccc2)c2ccccc2)nc2ccccn12. The van der Waals surface area contributed by atoms with Crippen LogP contribution >= 0.6 is 23.6 Å². The van der Waals surface area contributed by atoms with Gasteiger partial charge in [-0.25, -0.2) is 0 Å². The van der Waals surface area contributed by atoms with E-state index >= 15 is 0 Å². The van der Waals surface area contributed by atoms with Crippen molar-refractivity contribution < 1.29 is 9.53 Å². The van der Waals surface area contributed by atoms with Gasteiger partial charge in [-0.15, -0.1) is 17.0 Å². The molecule has 0 saturated heterocycles. The summed E-state index contributed by atoms with van der Waals surface area (Å²) in [6, 6.07) is 37.6. The molecule has 0 radical (unpaired) electrons. The number of fused-ring (bicyclic) bond motifs is 1. The summed E-state index contributed by atoms with van der Waals surface area (Å²) < 4.78 is 7.54. The summed E-state index contributed by atoms with van der Waals surface area (Å²) in [6.45, 7) is 0.851. The van der Waals surface area contributed by atoms with E-state index < -0.39 is 6.60 Å². The van der Waals surface area contributed by atoms with E-state index in [-0.39, 0.29) is 23.0 Å². The molecule has 0 fully saturated rings. The van der Waals surface area contributed by atoms with Crippen LogP contribution in [0.25, 0.3) is 5.65 Å². The molecule has 0 atom stereocenters. The molecule has 2 heterocycles. The molecular formula is C30H30BrN2O2P. The molecular weight excluding hydrogens is 531 g/mol. The van der Waals surface area contributed by atoms with E-state index in [0.29, 0.717) is 12.3 Å². The van der Waals surface area contributed by atoms with Crippen molar-refractivity contribution in [2.75, 3.05) is 12.8 Å². The fourth-order valence-corrected chi connectivity index (χ4v) is 12.0. The summed E-state index contributed by atoms with van der Waals surface area (Å²) >= 11 is 0. The van der Waals surface area contributed by atoms with Gasteiger partial charge < -0.3 is 0 Å². The summed E-state index contributed by atoms with van der Waals surface area (Å²) in [5.41, 5.74) is 2.03. The van der Waals surface area contributed by atoms with Gasteiger partial charge in [-0.3, -0.25) is 0 Å². The zero-order chi connectivity index (χ0) is 24.3. The standard InChI is InChI=1S/C30H29N2O2P.BrH/c1-3-34-30(33)28-29(31-27-22-14-15-23-32(27)28)35(4-2,24-16-8-5-9-17-24,25-18-10-6-11-19-25)26-20-12-7-13-21-26;/h5-23H,3-4H2,1-2H3;1H. The Hall–Kier alpha value is -3.27. The second kappa shape index (κ2) is 10.4. The first-order valence-corrected chi connectivity index (χ1v) is 14.4. The van der Waals surface area contributed by atoms with Crippen LogP contribution in [0.4, 0.5) is 0 Å². The summed E-state index contributed by atoms with van der Waals surface area (Å²) in [4.78, 5) is 19.0. The second-order valence-corrected chi connectivity index (χ2v) is 13.8. The van der Waals surface area contributed by atoms with Crippen LogP contribution in [0.2, 0.25) is 0 Å². The fraction of sp³-hybridized carbons (Fsp3) is 0.133. The van der Waals surface area contributed by atoms with Crippen molar-refractivity contribution in [3.63, 3.8) is 0 Å². The Balaban J connectivity index is 0.00000304. The van der Waals surface area contributed by atoms with Gasteiger partial charge in [0, 0.05) is 0 Å². The number of hydrogen-bond donors (Lipinski definition) is 0. The summed E-state index contributed by atoms with van der Waals surface area (Å²) in [5, 5.41) is 3.52. The average Bonchev–Trinajstić information content (AvgIpc) is 3.32. The van der Waals surface area contributed by atoms with Crippen LogP contribution in [-0.2, 0) is 4.74 Å². The van der Waals surface area contributed by atoms with Crippen LogP contribution in [0.5, 0.6) is 0 Å². The number of pyridine rings is 1. The Bertz CT molecular complexity index is 1370. The number of benzene rings is 3. The normalized spacial score (nSPS) is 12.3. The minimum atomic E-state index is -3.51. The molecule has 2 aromatic heterocycles. The molecule has 0 aliphatic heterocycles. The number of carbonyl (C=O) groups excluding carboxylic acids is 1. The molecule has 184 valence electrons. The maximum absolute atomic E-state index is 13.7. The van der Waals surface area contributed by atoms with E-state index in [2.05, 4.69) is 79.7 Å². The second-order valence-electron chi connectivity index (χ2n) is 8.56. The molecule has 0 N–H and O–H groups in total. The van der Waals surface area contributed by atoms with E-state index in [9.17, 15) is 4.79 Å². The van der Waals surface area contributed by atoms with Crippen molar-refractivity contribution in [1.82, 2.24) is 9.38 Å². The van der Waals surface area contributed by atoms with Gasteiger partial charge in [-0.2, -0.15) is 0 Å². The van der Waals surface area contributed by atoms with Gasteiger partial charge >= 0.3 is 206 Å². The van der Waals surface area contributed by atoms with Crippen molar-refractivity contribution in [2.24, 2.45) is 0 Å². The van der Waals surface area contributed by atoms with Crippen molar-refractivity contribution >= 4 is 56.5 Å². The van der Waals surface area contributed by atoms with E-state index in [1.54, 1.807) is 0 Å². The first kappa shape index (κ1) is 25.8. The number of rotatable bonds is 7. The number of ether oxygens (including phenoxy) is 1. The predicted molar refractivity (Wildman–Crippen MR) is 157 cm³/mol. The van der Waals surface area contributed by atoms with Gasteiger partial charge in [0.05, 0.1) is 0 Å². The molecule has 4 nitrogen and oxygen atoms in total. The monoisotopic (exact) mass is 560 g/mol. The van der Waals surface area contributed by atoms with Crippen LogP contribution in [0.1, 0.15) is 24.3 Å². The molecule has 0 aliphatic carbocycles. The third-order valence-electron chi connectivity index (χ3n) is 7.06. The predicted octanol–water partition coefficient (Wildman–Crippen LogP) is 5.26. The number of nitrogens with zero attached hydrogens (tertiary/aromatic N) is 2.